The zero-order chi connectivity index (χ0) is 8.10. The molecular weight excluding hydrogens is 138 g/mol. The molecule has 0 bridgehead atoms. The molecule has 1 aliphatic rings. The third kappa shape index (κ3) is 3.18. The molecule has 1 heterocycles. The van der Waals surface area contributed by atoms with Crippen LogP contribution >= 0.6 is 0 Å². The zero-order valence-electron chi connectivity index (χ0n) is 7.34. The number of nitrogens with zero attached hydrogens (tertiary/aromatic N) is 1. The number of hydrogen-bond acceptors (Lipinski definition) is 3. The molecule has 66 valence electrons. The lowest BCUT2D eigenvalue weighted by Gasteiger charge is -2.29. The average molecular weight is 157 g/mol. The van der Waals surface area contributed by atoms with Crippen molar-refractivity contribution in [1.82, 2.24) is 10.2 Å². The van der Waals surface area contributed by atoms with Crippen molar-refractivity contribution in [2.45, 2.75) is 19.4 Å². The predicted octanol–water partition coefficient (Wildman–Crippen LogP) is -0.371. The highest BCUT2D eigenvalue weighted by Crippen LogP contribution is 1.95. The van der Waals surface area contributed by atoms with Crippen molar-refractivity contribution in [3.05, 3.63) is 0 Å². The fraction of sp³-hybridized carbons (Fsp3) is 1.00. The van der Waals surface area contributed by atoms with Crippen molar-refractivity contribution < 1.29 is 0 Å². The highest BCUT2D eigenvalue weighted by Gasteiger charge is 2.11. The van der Waals surface area contributed by atoms with Gasteiger partial charge in [-0.15, -0.1) is 0 Å². The fourth-order valence-electron chi connectivity index (χ4n) is 1.35. The van der Waals surface area contributed by atoms with Crippen LogP contribution in [0.4, 0.5) is 0 Å². The van der Waals surface area contributed by atoms with Crippen molar-refractivity contribution in [3.8, 4) is 0 Å². The van der Waals surface area contributed by atoms with Crippen LogP contribution in [-0.2, 0) is 0 Å². The highest BCUT2D eigenvalue weighted by molar-refractivity contribution is 4.72. The van der Waals surface area contributed by atoms with Crippen molar-refractivity contribution in [3.63, 3.8) is 0 Å². The van der Waals surface area contributed by atoms with Gasteiger partial charge in [0, 0.05) is 38.8 Å². The van der Waals surface area contributed by atoms with Gasteiger partial charge in [-0.3, -0.25) is 4.90 Å². The van der Waals surface area contributed by atoms with E-state index in [-0.39, 0.29) is 0 Å². The van der Waals surface area contributed by atoms with Crippen molar-refractivity contribution in [2.75, 3.05) is 32.7 Å². The van der Waals surface area contributed by atoms with Crippen LogP contribution in [0.1, 0.15) is 13.3 Å². The molecule has 11 heavy (non-hydrogen) atoms. The van der Waals surface area contributed by atoms with Crippen LogP contribution in [0.15, 0.2) is 0 Å². The second kappa shape index (κ2) is 4.70. The van der Waals surface area contributed by atoms with E-state index in [2.05, 4.69) is 17.1 Å². The molecule has 1 unspecified atom stereocenters. The monoisotopic (exact) mass is 157 g/mol. The van der Waals surface area contributed by atoms with Gasteiger partial charge in [-0.25, -0.2) is 0 Å². The summed E-state index contributed by atoms with van der Waals surface area (Å²) in [5, 5.41) is 3.32. The summed E-state index contributed by atoms with van der Waals surface area (Å²) in [6.07, 6.45) is 1.09. The lowest BCUT2D eigenvalue weighted by Crippen LogP contribution is -2.47. The standard InChI is InChI=1S/C8H19N3/c1-2-8(9)7-11-5-3-10-4-6-11/h8,10H,2-7,9H2,1H3. The summed E-state index contributed by atoms with van der Waals surface area (Å²) in [6.45, 7) is 7.78. The van der Waals surface area contributed by atoms with Gasteiger partial charge in [-0.1, -0.05) is 6.92 Å². The number of hydrogen-bond donors (Lipinski definition) is 2. The smallest absolute Gasteiger partial charge is 0.0165 e. The molecule has 0 aromatic heterocycles. The third-order valence-electron chi connectivity index (χ3n) is 2.23. The van der Waals surface area contributed by atoms with Gasteiger partial charge in [0.1, 0.15) is 0 Å². The summed E-state index contributed by atoms with van der Waals surface area (Å²) in [5.74, 6) is 0. The molecule has 0 saturated carbocycles. The predicted molar refractivity (Wildman–Crippen MR) is 47.6 cm³/mol. The molecule has 1 aliphatic heterocycles. The molecule has 0 amide bonds. The Labute approximate surface area is 68.9 Å². The Kier molecular flexibility index (Phi) is 3.83. The molecule has 1 saturated heterocycles. The van der Waals surface area contributed by atoms with Gasteiger partial charge in [0.15, 0.2) is 0 Å². The van der Waals surface area contributed by atoms with E-state index in [0.717, 1.165) is 39.1 Å². The number of nitrogens with one attached hydrogen (secondary N) is 1. The van der Waals surface area contributed by atoms with E-state index in [1.807, 2.05) is 0 Å². The molecule has 3 nitrogen and oxygen atoms in total. The maximum atomic E-state index is 5.84. The van der Waals surface area contributed by atoms with Gasteiger partial charge in [-0.05, 0) is 6.42 Å². The Hall–Kier alpha value is -0.120. The minimum atomic E-state index is 0.369. The van der Waals surface area contributed by atoms with Gasteiger partial charge >= 0.3 is 0 Å². The molecule has 0 radical (unpaired) electrons. The van der Waals surface area contributed by atoms with E-state index >= 15 is 0 Å². The Bertz CT molecular complexity index is 99.5. The summed E-state index contributed by atoms with van der Waals surface area (Å²) in [7, 11) is 0. The average Bonchev–Trinajstić information content (AvgIpc) is 2.06. The first-order valence-electron chi connectivity index (χ1n) is 4.51. The summed E-state index contributed by atoms with van der Waals surface area (Å²) in [4.78, 5) is 2.44. The SMILES string of the molecule is CCC(N)CN1CCNCC1. The minimum Gasteiger partial charge on any atom is -0.327 e. The van der Waals surface area contributed by atoms with Crippen LogP contribution in [0.2, 0.25) is 0 Å². The second-order valence-corrected chi connectivity index (χ2v) is 3.22. The lowest BCUT2D eigenvalue weighted by atomic mass is 10.2. The quantitative estimate of drug-likeness (QED) is 0.587. The highest BCUT2D eigenvalue weighted by atomic mass is 15.2. The maximum Gasteiger partial charge on any atom is 0.0165 e. The Morgan fingerprint density at radius 1 is 1.45 bits per heavy atom. The minimum absolute atomic E-state index is 0.369. The van der Waals surface area contributed by atoms with E-state index in [9.17, 15) is 0 Å². The molecule has 3 heteroatoms. The molecule has 1 rings (SSSR count). The van der Waals surface area contributed by atoms with Crippen LogP contribution in [-0.4, -0.2) is 43.7 Å². The first-order valence-corrected chi connectivity index (χ1v) is 4.51. The lowest BCUT2D eigenvalue weighted by molar-refractivity contribution is 0.226. The topological polar surface area (TPSA) is 41.3 Å². The van der Waals surface area contributed by atoms with Crippen molar-refractivity contribution >= 4 is 0 Å². The molecule has 1 atom stereocenters. The summed E-state index contributed by atoms with van der Waals surface area (Å²) in [5.41, 5.74) is 5.84. The van der Waals surface area contributed by atoms with E-state index in [1.54, 1.807) is 0 Å². The molecule has 0 aliphatic carbocycles. The molecular formula is C8H19N3. The summed E-state index contributed by atoms with van der Waals surface area (Å²) in [6, 6.07) is 0.369. The largest absolute Gasteiger partial charge is 0.327 e. The van der Waals surface area contributed by atoms with E-state index in [4.69, 9.17) is 5.73 Å². The molecule has 0 spiro atoms. The van der Waals surface area contributed by atoms with Gasteiger partial charge in [0.2, 0.25) is 0 Å². The Morgan fingerprint density at radius 2 is 2.09 bits per heavy atom. The van der Waals surface area contributed by atoms with E-state index in [0.29, 0.717) is 6.04 Å². The molecule has 0 aromatic rings. The van der Waals surface area contributed by atoms with Crippen LogP contribution in [0.5, 0.6) is 0 Å². The molecule has 1 fully saturated rings. The molecule has 3 N–H and O–H groups in total. The van der Waals surface area contributed by atoms with Crippen LogP contribution < -0.4 is 11.1 Å². The van der Waals surface area contributed by atoms with Gasteiger partial charge in [0.05, 0.1) is 0 Å². The summed E-state index contributed by atoms with van der Waals surface area (Å²) >= 11 is 0. The first-order chi connectivity index (χ1) is 5.33. The van der Waals surface area contributed by atoms with Crippen molar-refractivity contribution in [2.24, 2.45) is 5.73 Å². The number of nitrogens with two attached hydrogens (primary N) is 1. The third-order valence-corrected chi connectivity index (χ3v) is 2.23. The Morgan fingerprint density at radius 3 is 2.64 bits per heavy atom. The normalized spacial score (nSPS) is 23.5. The van der Waals surface area contributed by atoms with E-state index < -0.39 is 0 Å². The Balaban J connectivity index is 2.13. The summed E-state index contributed by atoms with van der Waals surface area (Å²) < 4.78 is 0. The van der Waals surface area contributed by atoms with Crippen LogP contribution in [0.3, 0.4) is 0 Å². The maximum absolute atomic E-state index is 5.84. The number of piperazine rings is 1. The van der Waals surface area contributed by atoms with Gasteiger partial charge in [0.25, 0.3) is 0 Å². The number of rotatable bonds is 3. The fourth-order valence-corrected chi connectivity index (χ4v) is 1.35. The zero-order valence-corrected chi connectivity index (χ0v) is 7.34. The van der Waals surface area contributed by atoms with Gasteiger partial charge in [-0.2, -0.15) is 0 Å². The van der Waals surface area contributed by atoms with Crippen molar-refractivity contribution in [1.29, 1.82) is 0 Å². The van der Waals surface area contributed by atoms with Crippen LogP contribution in [0.25, 0.3) is 0 Å². The van der Waals surface area contributed by atoms with E-state index in [1.165, 1.54) is 0 Å². The second-order valence-electron chi connectivity index (χ2n) is 3.22. The first kappa shape index (κ1) is 8.97. The molecule has 0 aromatic carbocycles. The van der Waals surface area contributed by atoms with Gasteiger partial charge < -0.3 is 11.1 Å². The van der Waals surface area contributed by atoms with Crippen LogP contribution in [0, 0.1) is 0 Å².